The molecule has 0 atom stereocenters. The van der Waals surface area contributed by atoms with Crippen molar-refractivity contribution in [2.24, 2.45) is 0 Å². The minimum atomic E-state index is -0.956. The zero-order valence-corrected chi connectivity index (χ0v) is 14.2. The fourth-order valence-electron chi connectivity index (χ4n) is 3.33. The van der Waals surface area contributed by atoms with Gasteiger partial charge >= 0.3 is 5.97 Å². The second-order valence-corrected chi connectivity index (χ2v) is 6.13. The first-order chi connectivity index (χ1) is 12.1. The summed E-state index contributed by atoms with van der Waals surface area (Å²) in [5, 5.41) is 9.23. The van der Waals surface area contributed by atoms with Gasteiger partial charge in [0, 0.05) is 25.1 Å². The average Bonchev–Trinajstić information content (AvgIpc) is 2.65. The summed E-state index contributed by atoms with van der Waals surface area (Å²) in [6.07, 6.45) is 1.52. The highest BCUT2D eigenvalue weighted by molar-refractivity contribution is 5.89. The first kappa shape index (κ1) is 17.0. The van der Waals surface area contributed by atoms with Gasteiger partial charge in [-0.2, -0.15) is 0 Å². The molecule has 0 fully saturated rings. The molecule has 0 aliphatic carbocycles. The van der Waals surface area contributed by atoms with E-state index < -0.39 is 5.97 Å². The summed E-state index contributed by atoms with van der Waals surface area (Å²) in [4.78, 5) is 25.7. The molecule has 0 unspecified atom stereocenters. The number of aryl methyl sites for hydroxylation is 1. The topological polar surface area (TPSA) is 66.8 Å². The maximum atomic E-state index is 12.6. The van der Waals surface area contributed by atoms with Crippen molar-refractivity contribution in [2.75, 3.05) is 13.7 Å². The van der Waals surface area contributed by atoms with E-state index in [9.17, 15) is 14.7 Å². The molecular formula is C20H21NO4. The number of carbonyl (C=O) groups excluding carboxylic acids is 1. The number of nitrogens with zero attached hydrogens (tertiary/aromatic N) is 1. The summed E-state index contributed by atoms with van der Waals surface area (Å²) >= 11 is 0. The van der Waals surface area contributed by atoms with Crippen LogP contribution in [0.25, 0.3) is 0 Å². The van der Waals surface area contributed by atoms with E-state index in [1.807, 2.05) is 23.1 Å². The molecule has 1 heterocycles. The van der Waals surface area contributed by atoms with Crippen molar-refractivity contribution >= 4 is 11.9 Å². The summed E-state index contributed by atoms with van der Waals surface area (Å²) in [6, 6.07) is 12.8. The number of ether oxygens (including phenoxy) is 1. The summed E-state index contributed by atoms with van der Waals surface area (Å²) < 4.78 is 5.39. The van der Waals surface area contributed by atoms with E-state index in [0.29, 0.717) is 31.5 Å². The van der Waals surface area contributed by atoms with E-state index in [0.717, 1.165) is 17.7 Å². The standard InChI is InChI=1S/C20H21NO4/c1-25-18-8-4-6-15-13-21(12-11-16(15)18)19(22)10-9-14-5-2-3-7-17(14)20(23)24/h2-8H,9-13H2,1H3,(H,23,24). The lowest BCUT2D eigenvalue weighted by Crippen LogP contribution is -2.36. The summed E-state index contributed by atoms with van der Waals surface area (Å²) in [7, 11) is 1.66. The molecule has 2 aromatic rings. The largest absolute Gasteiger partial charge is 0.496 e. The van der Waals surface area contributed by atoms with Crippen molar-refractivity contribution < 1.29 is 19.4 Å². The van der Waals surface area contributed by atoms with Gasteiger partial charge in [0.2, 0.25) is 5.91 Å². The third kappa shape index (κ3) is 3.65. The van der Waals surface area contributed by atoms with Gasteiger partial charge < -0.3 is 14.7 Å². The summed E-state index contributed by atoms with van der Waals surface area (Å²) in [6.45, 7) is 1.23. The molecular weight excluding hydrogens is 318 g/mol. The molecule has 1 amide bonds. The minimum absolute atomic E-state index is 0.0497. The monoisotopic (exact) mass is 339 g/mol. The van der Waals surface area contributed by atoms with Crippen LogP contribution in [0.15, 0.2) is 42.5 Å². The van der Waals surface area contributed by atoms with Crippen LogP contribution in [-0.4, -0.2) is 35.5 Å². The van der Waals surface area contributed by atoms with Gasteiger partial charge in [0.15, 0.2) is 0 Å². The second-order valence-electron chi connectivity index (χ2n) is 6.13. The Labute approximate surface area is 146 Å². The molecule has 5 nitrogen and oxygen atoms in total. The summed E-state index contributed by atoms with van der Waals surface area (Å²) in [5.74, 6) is -0.0318. The number of methoxy groups -OCH3 is 1. The molecule has 0 aromatic heterocycles. The van der Waals surface area contributed by atoms with Crippen molar-refractivity contribution in [3.8, 4) is 5.75 Å². The SMILES string of the molecule is COc1cccc2c1CCN(C(=O)CCc1ccccc1C(=O)O)C2. The lowest BCUT2D eigenvalue weighted by atomic mass is 9.97. The van der Waals surface area contributed by atoms with E-state index in [-0.39, 0.29) is 11.5 Å². The van der Waals surface area contributed by atoms with Crippen LogP contribution in [0.4, 0.5) is 0 Å². The van der Waals surface area contributed by atoms with E-state index in [2.05, 4.69) is 0 Å². The third-order valence-corrected chi connectivity index (χ3v) is 4.65. The van der Waals surface area contributed by atoms with Crippen LogP contribution in [0.5, 0.6) is 5.75 Å². The van der Waals surface area contributed by atoms with Crippen LogP contribution in [0.3, 0.4) is 0 Å². The van der Waals surface area contributed by atoms with Crippen LogP contribution in [-0.2, 0) is 24.2 Å². The number of rotatable bonds is 5. The van der Waals surface area contributed by atoms with E-state index in [4.69, 9.17) is 4.74 Å². The van der Waals surface area contributed by atoms with Gasteiger partial charge in [-0.15, -0.1) is 0 Å². The number of amides is 1. The van der Waals surface area contributed by atoms with Crippen LogP contribution in [0, 0.1) is 0 Å². The number of carboxylic acids is 1. The number of carbonyl (C=O) groups is 2. The number of carboxylic acid groups (broad SMARTS) is 1. The number of hydrogen-bond donors (Lipinski definition) is 1. The van der Waals surface area contributed by atoms with Gasteiger partial charge in [-0.05, 0) is 36.1 Å². The fourth-order valence-corrected chi connectivity index (χ4v) is 3.33. The van der Waals surface area contributed by atoms with Gasteiger partial charge in [0.25, 0.3) is 0 Å². The second kappa shape index (κ2) is 7.38. The van der Waals surface area contributed by atoms with Gasteiger partial charge in [-0.3, -0.25) is 4.79 Å². The van der Waals surface area contributed by atoms with Crippen LogP contribution in [0.1, 0.15) is 33.5 Å². The molecule has 0 saturated carbocycles. The first-order valence-corrected chi connectivity index (χ1v) is 8.34. The normalized spacial score (nSPS) is 13.2. The van der Waals surface area contributed by atoms with Crippen molar-refractivity contribution in [3.05, 3.63) is 64.7 Å². The van der Waals surface area contributed by atoms with Crippen LogP contribution in [0.2, 0.25) is 0 Å². The molecule has 5 heteroatoms. The zero-order valence-electron chi connectivity index (χ0n) is 14.2. The zero-order chi connectivity index (χ0) is 17.8. The average molecular weight is 339 g/mol. The Balaban J connectivity index is 1.66. The molecule has 1 aliphatic heterocycles. The number of aromatic carboxylic acids is 1. The predicted molar refractivity (Wildman–Crippen MR) is 93.8 cm³/mol. The highest BCUT2D eigenvalue weighted by Crippen LogP contribution is 2.28. The highest BCUT2D eigenvalue weighted by atomic mass is 16.5. The van der Waals surface area contributed by atoms with E-state index >= 15 is 0 Å². The van der Waals surface area contributed by atoms with E-state index in [1.54, 1.807) is 31.4 Å². The maximum Gasteiger partial charge on any atom is 0.335 e. The van der Waals surface area contributed by atoms with Crippen molar-refractivity contribution in [3.63, 3.8) is 0 Å². The fraction of sp³-hybridized carbons (Fsp3) is 0.300. The van der Waals surface area contributed by atoms with Gasteiger partial charge in [0.1, 0.15) is 5.75 Å². The molecule has 0 radical (unpaired) electrons. The molecule has 1 aliphatic rings. The summed E-state index contributed by atoms with van der Waals surface area (Å²) in [5.41, 5.74) is 3.25. The Bertz CT molecular complexity index is 800. The molecule has 0 saturated heterocycles. The number of hydrogen-bond acceptors (Lipinski definition) is 3. The molecule has 2 aromatic carbocycles. The Morgan fingerprint density at radius 1 is 1.16 bits per heavy atom. The maximum absolute atomic E-state index is 12.6. The van der Waals surface area contributed by atoms with Crippen molar-refractivity contribution in [1.82, 2.24) is 4.90 Å². The minimum Gasteiger partial charge on any atom is -0.496 e. The Kier molecular flexibility index (Phi) is 5.03. The number of benzene rings is 2. The smallest absolute Gasteiger partial charge is 0.335 e. The molecule has 25 heavy (non-hydrogen) atoms. The van der Waals surface area contributed by atoms with Crippen molar-refractivity contribution in [2.45, 2.75) is 25.8 Å². The Morgan fingerprint density at radius 3 is 2.72 bits per heavy atom. The predicted octanol–water partition coefficient (Wildman–Crippen LogP) is 2.91. The lowest BCUT2D eigenvalue weighted by molar-refractivity contribution is -0.132. The Hall–Kier alpha value is -2.82. The Morgan fingerprint density at radius 2 is 1.96 bits per heavy atom. The lowest BCUT2D eigenvalue weighted by Gasteiger charge is -2.30. The van der Waals surface area contributed by atoms with Crippen molar-refractivity contribution in [1.29, 1.82) is 0 Å². The molecule has 0 bridgehead atoms. The van der Waals surface area contributed by atoms with Crippen LogP contribution >= 0.6 is 0 Å². The van der Waals surface area contributed by atoms with Gasteiger partial charge in [0.05, 0.1) is 12.7 Å². The molecule has 0 spiro atoms. The highest BCUT2D eigenvalue weighted by Gasteiger charge is 2.23. The quantitative estimate of drug-likeness (QED) is 0.909. The van der Waals surface area contributed by atoms with Gasteiger partial charge in [-0.1, -0.05) is 30.3 Å². The van der Waals surface area contributed by atoms with E-state index in [1.165, 1.54) is 5.56 Å². The molecule has 1 N–H and O–H groups in total. The number of fused-ring (bicyclic) bond motifs is 1. The molecule has 130 valence electrons. The van der Waals surface area contributed by atoms with Crippen LogP contribution < -0.4 is 4.74 Å². The molecule has 3 rings (SSSR count). The first-order valence-electron chi connectivity index (χ1n) is 8.34. The van der Waals surface area contributed by atoms with Gasteiger partial charge in [-0.25, -0.2) is 4.79 Å². The third-order valence-electron chi connectivity index (χ3n) is 4.65.